The maximum atomic E-state index is 10.5. The molecular weight excluding hydrogens is 358 g/mol. The first-order valence-corrected chi connectivity index (χ1v) is 9.36. The van der Waals surface area contributed by atoms with Gasteiger partial charge in [-0.2, -0.15) is 0 Å². The van der Waals surface area contributed by atoms with E-state index in [9.17, 15) is 5.11 Å². The summed E-state index contributed by atoms with van der Waals surface area (Å²) >= 11 is 0. The molecule has 1 N–H and O–H groups in total. The quantitative estimate of drug-likeness (QED) is 0.636. The van der Waals surface area contributed by atoms with Crippen LogP contribution >= 0.6 is 0 Å². The Balaban J connectivity index is 1.94. The number of hydrogen-bond donors (Lipinski definition) is 1. The highest BCUT2D eigenvalue weighted by Gasteiger charge is 2.17. The average Bonchev–Trinajstić information content (AvgIpc) is 2.71. The minimum atomic E-state index is -0.607. The number of rotatable bonds is 11. The van der Waals surface area contributed by atoms with Crippen molar-refractivity contribution in [3.05, 3.63) is 48.0 Å². The van der Waals surface area contributed by atoms with Crippen molar-refractivity contribution in [3.8, 4) is 23.0 Å². The number of methoxy groups -OCH3 is 3. The standard InChI is InChI=1S/C22H31NO5/c1-16(2)23(13-17-6-11-21(26-4)22(12-17)27-5)14-18(24)15-28-20-9-7-19(25-3)8-10-20/h6-12,16,18,24H,13-15H2,1-5H3/t18-/m0/s1. The van der Waals surface area contributed by atoms with E-state index in [0.717, 1.165) is 11.3 Å². The first-order valence-electron chi connectivity index (χ1n) is 9.36. The molecule has 2 aromatic carbocycles. The Morgan fingerprint density at radius 1 is 0.857 bits per heavy atom. The predicted molar refractivity (Wildman–Crippen MR) is 110 cm³/mol. The molecule has 0 amide bonds. The lowest BCUT2D eigenvalue weighted by Gasteiger charge is -2.29. The molecule has 0 aliphatic heterocycles. The second-order valence-electron chi connectivity index (χ2n) is 6.85. The molecule has 154 valence electrons. The summed E-state index contributed by atoms with van der Waals surface area (Å²) in [5.74, 6) is 2.88. The Morgan fingerprint density at radius 3 is 2.07 bits per heavy atom. The fourth-order valence-corrected chi connectivity index (χ4v) is 2.86. The molecule has 0 aliphatic carbocycles. The van der Waals surface area contributed by atoms with Gasteiger partial charge in [0.25, 0.3) is 0 Å². The molecule has 6 heteroatoms. The highest BCUT2D eigenvalue weighted by molar-refractivity contribution is 5.42. The lowest BCUT2D eigenvalue weighted by atomic mass is 10.1. The summed E-state index contributed by atoms with van der Waals surface area (Å²) in [7, 11) is 4.87. The topological polar surface area (TPSA) is 60.4 Å². The van der Waals surface area contributed by atoms with E-state index >= 15 is 0 Å². The highest BCUT2D eigenvalue weighted by atomic mass is 16.5. The van der Waals surface area contributed by atoms with Crippen LogP contribution in [0.4, 0.5) is 0 Å². The van der Waals surface area contributed by atoms with Crippen molar-refractivity contribution in [2.45, 2.75) is 32.5 Å². The van der Waals surface area contributed by atoms with E-state index in [1.807, 2.05) is 42.5 Å². The SMILES string of the molecule is COc1ccc(OC[C@@H](O)CN(Cc2ccc(OC)c(OC)c2)C(C)C)cc1. The van der Waals surface area contributed by atoms with Crippen LogP contribution in [0.5, 0.6) is 23.0 Å². The Kier molecular flexibility index (Phi) is 8.42. The number of benzene rings is 2. The van der Waals surface area contributed by atoms with Crippen LogP contribution in [-0.2, 0) is 6.54 Å². The summed E-state index contributed by atoms with van der Waals surface area (Å²) in [5.41, 5.74) is 1.09. The maximum absolute atomic E-state index is 10.5. The van der Waals surface area contributed by atoms with Crippen molar-refractivity contribution in [2.24, 2.45) is 0 Å². The third-order valence-corrected chi connectivity index (χ3v) is 4.51. The number of hydrogen-bond acceptors (Lipinski definition) is 6. The van der Waals surface area contributed by atoms with Crippen LogP contribution in [0.2, 0.25) is 0 Å². The molecule has 6 nitrogen and oxygen atoms in total. The van der Waals surface area contributed by atoms with Gasteiger partial charge >= 0.3 is 0 Å². The van der Waals surface area contributed by atoms with Gasteiger partial charge in [-0.05, 0) is 55.8 Å². The smallest absolute Gasteiger partial charge is 0.161 e. The van der Waals surface area contributed by atoms with E-state index in [0.29, 0.717) is 30.3 Å². The van der Waals surface area contributed by atoms with Crippen LogP contribution in [0.1, 0.15) is 19.4 Å². The summed E-state index contributed by atoms with van der Waals surface area (Å²) in [6, 6.07) is 13.5. The van der Waals surface area contributed by atoms with Crippen molar-refractivity contribution in [1.29, 1.82) is 0 Å². The van der Waals surface area contributed by atoms with Gasteiger partial charge in [-0.3, -0.25) is 4.90 Å². The van der Waals surface area contributed by atoms with E-state index in [2.05, 4.69) is 18.7 Å². The van der Waals surface area contributed by atoms with Crippen LogP contribution in [0, 0.1) is 0 Å². The van der Waals surface area contributed by atoms with E-state index in [1.54, 1.807) is 21.3 Å². The Bertz CT molecular complexity index is 717. The molecule has 0 bridgehead atoms. The molecule has 0 aliphatic rings. The summed E-state index contributed by atoms with van der Waals surface area (Å²) < 4.78 is 21.5. The van der Waals surface area contributed by atoms with Crippen LogP contribution in [0.15, 0.2) is 42.5 Å². The van der Waals surface area contributed by atoms with Crippen molar-refractivity contribution in [1.82, 2.24) is 4.90 Å². The molecule has 0 saturated carbocycles. The van der Waals surface area contributed by atoms with E-state index in [1.165, 1.54) is 0 Å². The Hall–Kier alpha value is -2.44. The molecule has 0 unspecified atom stereocenters. The van der Waals surface area contributed by atoms with Gasteiger partial charge in [0, 0.05) is 19.1 Å². The fraction of sp³-hybridized carbons (Fsp3) is 0.455. The molecule has 28 heavy (non-hydrogen) atoms. The van der Waals surface area contributed by atoms with Crippen LogP contribution in [0.25, 0.3) is 0 Å². The van der Waals surface area contributed by atoms with E-state index in [-0.39, 0.29) is 12.6 Å². The predicted octanol–water partition coefficient (Wildman–Crippen LogP) is 3.36. The van der Waals surface area contributed by atoms with Gasteiger partial charge < -0.3 is 24.1 Å². The summed E-state index contributed by atoms with van der Waals surface area (Å²) in [6.45, 7) is 5.64. The number of ether oxygens (including phenoxy) is 4. The highest BCUT2D eigenvalue weighted by Crippen LogP contribution is 2.28. The van der Waals surface area contributed by atoms with Crippen LogP contribution in [0.3, 0.4) is 0 Å². The minimum absolute atomic E-state index is 0.224. The van der Waals surface area contributed by atoms with Gasteiger partial charge in [0.15, 0.2) is 11.5 Å². The zero-order valence-corrected chi connectivity index (χ0v) is 17.3. The maximum Gasteiger partial charge on any atom is 0.161 e. The van der Waals surface area contributed by atoms with Crippen LogP contribution < -0.4 is 18.9 Å². The molecular formula is C22H31NO5. The Morgan fingerprint density at radius 2 is 1.50 bits per heavy atom. The summed E-state index contributed by atoms with van der Waals surface area (Å²) in [4.78, 5) is 2.20. The van der Waals surface area contributed by atoms with E-state index < -0.39 is 6.10 Å². The first kappa shape index (κ1) is 21.9. The second kappa shape index (κ2) is 10.8. The third kappa shape index (κ3) is 6.32. The van der Waals surface area contributed by atoms with Crippen molar-refractivity contribution < 1.29 is 24.1 Å². The second-order valence-corrected chi connectivity index (χ2v) is 6.85. The molecule has 0 aromatic heterocycles. The summed E-state index contributed by atoms with van der Waals surface area (Å²) in [6.07, 6.45) is -0.607. The lowest BCUT2D eigenvalue weighted by Crippen LogP contribution is -2.39. The van der Waals surface area contributed by atoms with Crippen molar-refractivity contribution in [2.75, 3.05) is 34.5 Å². The molecule has 0 heterocycles. The van der Waals surface area contributed by atoms with Gasteiger partial charge in [0.1, 0.15) is 24.2 Å². The average molecular weight is 389 g/mol. The fourth-order valence-electron chi connectivity index (χ4n) is 2.86. The third-order valence-electron chi connectivity index (χ3n) is 4.51. The Labute approximate surface area is 167 Å². The number of nitrogens with zero attached hydrogens (tertiary/aromatic N) is 1. The summed E-state index contributed by atoms with van der Waals surface area (Å²) in [5, 5.41) is 10.5. The zero-order chi connectivity index (χ0) is 20.5. The first-order chi connectivity index (χ1) is 13.5. The monoisotopic (exact) mass is 389 g/mol. The van der Waals surface area contributed by atoms with Gasteiger partial charge in [-0.25, -0.2) is 0 Å². The molecule has 0 radical (unpaired) electrons. The van der Waals surface area contributed by atoms with Gasteiger partial charge in [0.05, 0.1) is 21.3 Å². The molecule has 2 aromatic rings. The van der Waals surface area contributed by atoms with Crippen molar-refractivity contribution >= 4 is 0 Å². The largest absolute Gasteiger partial charge is 0.497 e. The normalized spacial score (nSPS) is 12.1. The lowest BCUT2D eigenvalue weighted by molar-refractivity contribution is 0.0543. The molecule has 1 atom stereocenters. The zero-order valence-electron chi connectivity index (χ0n) is 17.3. The van der Waals surface area contributed by atoms with Crippen molar-refractivity contribution in [3.63, 3.8) is 0 Å². The molecule has 2 rings (SSSR count). The van der Waals surface area contributed by atoms with Gasteiger partial charge in [-0.1, -0.05) is 6.07 Å². The number of aliphatic hydroxyl groups excluding tert-OH is 1. The molecule has 0 spiro atoms. The molecule has 0 saturated heterocycles. The molecule has 0 fully saturated rings. The van der Waals surface area contributed by atoms with E-state index in [4.69, 9.17) is 18.9 Å². The minimum Gasteiger partial charge on any atom is -0.497 e. The van der Waals surface area contributed by atoms with Gasteiger partial charge in [0.2, 0.25) is 0 Å². The van der Waals surface area contributed by atoms with Crippen LogP contribution in [-0.4, -0.2) is 56.6 Å². The number of aliphatic hydroxyl groups is 1. The van der Waals surface area contributed by atoms with Gasteiger partial charge in [-0.15, -0.1) is 0 Å².